The number of nitrogens with two attached hydrogens (primary N) is 1. The van der Waals surface area contributed by atoms with E-state index in [0.717, 1.165) is 22.3 Å². The van der Waals surface area contributed by atoms with Crippen LogP contribution in [0.3, 0.4) is 0 Å². The minimum Gasteiger partial charge on any atom is -0.370 e. The van der Waals surface area contributed by atoms with Crippen LogP contribution in [0.5, 0.6) is 0 Å². The molecule has 1 amide bonds. The quantitative estimate of drug-likeness (QED) is 0.730. The molecular weight excluding hydrogens is 376 g/mol. The number of carbonyl (C=O) groups is 1. The first kappa shape index (κ1) is 18.0. The number of rotatable bonds is 3. The first-order valence-corrected chi connectivity index (χ1v) is 8.99. The van der Waals surface area contributed by atoms with Crippen molar-refractivity contribution in [3.8, 4) is 17.2 Å². The maximum Gasteiger partial charge on any atom is 0.220 e. The van der Waals surface area contributed by atoms with Gasteiger partial charge in [0.1, 0.15) is 6.04 Å². The molecule has 1 aromatic heterocycles. The standard InChI is InChI=1S/C21H15ClN4O2/c1-11-19-15-7-2-12(10-23)8-16(15)20(13-3-5-14(22)6-4-13)25-17(9-18(24)27)21(19)28-26-11/h2-8,17H,9H2,1H3,(H2,24,27)/t17-/m0/s1. The van der Waals surface area contributed by atoms with Crippen LogP contribution in [0.2, 0.25) is 5.02 Å². The molecule has 7 heteroatoms. The molecule has 6 nitrogen and oxygen atoms in total. The number of aryl methyl sites for hydroxylation is 1. The van der Waals surface area contributed by atoms with Gasteiger partial charge in [-0.1, -0.05) is 35.0 Å². The average Bonchev–Trinajstić information content (AvgIpc) is 3.00. The molecule has 0 saturated heterocycles. The van der Waals surface area contributed by atoms with Crippen LogP contribution in [0.1, 0.15) is 40.6 Å². The van der Waals surface area contributed by atoms with E-state index in [9.17, 15) is 10.1 Å². The maximum atomic E-state index is 11.7. The molecule has 1 atom stereocenters. The molecule has 1 aliphatic heterocycles. The minimum atomic E-state index is -0.614. The van der Waals surface area contributed by atoms with Crippen molar-refractivity contribution in [2.75, 3.05) is 0 Å². The van der Waals surface area contributed by atoms with Crippen LogP contribution < -0.4 is 5.73 Å². The molecule has 2 heterocycles. The Kier molecular flexibility index (Phi) is 4.46. The number of amides is 1. The molecule has 0 radical (unpaired) electrons. The Hall–Kier alpha value is -3.43. The van der Waals surface area contributed by atoms with Crippen LogP contribution in [0, 0.1) is 18.3 Å². The van der Waals surface area contributed by atoms with Gasteiger partial charge in [-0.15, -0.1) is 0 Å². The normalized spacial score (nSPS) is 15.0. The van der Waals surface area contributed by atoms with Gasteiger partial charge in [0.2, 0.25) is 5.91 Å². The van der Waals surface area contributed by atoms with Gasteiger partial charge < -0.3 is 10.3 Å². The second-order valence-electron chi connectivity index (χ2n) is 6.55. The van der Waals surface area contributed by atoms with Crippen molar-refractivity contribution >= 4 is 23.2 Å². The van der Waals surface area contributed by atoms with Crippen molar-refractivity contribution in [3.05, 3.63) is 75.6 Å². The fraction of sp³-hybridized carbons (Fsp3) is 0.143. The van der Waals surface area contributed by atoms with Crippen LogP contribution in [0.15, 0.2) is 52.0 Å². The van der Waals surface area contributed by atoms with E-state index in [4.69, 9.17) is 26.9 Å². The van der Waals surface area contributed by atoms with Crippen molar-refractivity contribution in [2.24, 2.45) is 10.7 Å². The molecular formula is C21H15ClN4O2. The number of aliphatic imine (C=N–C) groups is 1. The van der Waals surface area contributed by atoms with Crippen molar-refractivity contribution in [1.29, 1.82) is 5.26 Å². The third kappa shape index (κ3) is 3.06. The van der Waals surface area contributed by atoms with Gasteiger partial charge in [-0.05, 0) is 36.8 Å². The van der Waals surface area contributed by atoms with Crippen LogP contribution in [-0.2, 0) is 4.79 Å². The van der Waals surface area contributed by atoms with Gasteiger partial charge in [-0.25, -0.2) is 0 Å². The molecule has 0 spiro atoms. The van der Waals surface area contributed by atoms with Gasteiger partial charge in [0.25, 0.3) is 0 Å². The highest BCUT2D eigenvalue weighted by Crippen LogP contribution is 2.41. The number of halogens is 1. The van der Waals surface area contributed by atoms with E-state index in [-0.39, 0.29) is 6.42 Å². The summed E-state index contributed by atoms with van der Waals surface area (Å²) >= 11 is 6.04. The third-order valence-electron chi connectivity index (χ3n) is 4.66. The first-order chi connectivity index (χ1) is 13.5. The molecule has 3 aromatic rings. The number of fused-ring (bicyclic) bond motifs is 3. The molecule has 0 unspecified atom stereocenters. The Morgan fingerprint density at radius 1 is 1.25 bits per heavy atom. The summed E-state index contributed by atoms with van der Waals surface area (Å²) in [6.07, 6.45) is -0.0161. The number of aromatic nitrogens is 1. The zero-order valence-corrected chi connectivity index (χ0v) is 15.7. The molecule has 1 aliphatic rings. The molecule has 0 bridgehead atoms. The second-order valence-corrected chi connectivity index (χ2v) is 6.99. The van der Waals surface area contributed by atoms with E-state index in [1.807, 2.05) is 25.1 Å². The van der Waals surface area contributed by atoms with Crippen LogP contribution >= 0.6 is 11.6 Å². The third-order valence-corrected chi connectivity index (χ3v) is 4.91. The molecule has 0 fully saturated rings. The summed E-state index contributed by atoms with van der Waals surface area (Å²) in [7, 11) is 0. The SMILES string of the molecule is Cc1noc2c1-c1ccc(C#N)cc1C(c1ccc(Cl)cc1)=N[C@H]2CC(N)=O. The van der Waals surface area contributed by atoms with Crippen molar-refractivity contribution in [3.63, 3.8) is 0 Å². The van der Waals surface area contributed by atoms with Gasteiger partial charge >= 0.3 is 0 Å². The number of carbonyl (C=O) groups excluding carboxylic acids is 1. The van der Waals surface area contributed by atoms with E-state index in [1.165, 1.54) is 0 Å². The van der Waals surface area contributed by atoms with Crippen molar-refractivity contribution in [2.45, 2.75) is 19.4 Å². The van der Waals surface area contributed by atoms with Crippen molar-refractivity contribution in [1.82, 2.24) is 5.16 Å². The second kappa shape index (κ2) is 6.95. The predicted octanol–water partition coefficient (Wildman–Crippen LogP) is 3.94. The van der Waals surface area contributed by atoms with Gasteiger partial charge in [-0.3, -0.25) is 9.79 Å². The molecule has 4 rings (SSSR count). The van der Waals surface area contributed by atoms with E-state index in [1.54, 1.807) is 24.3 Å². The largest absolute Gasteiger partial charge is 0.370 e. The highest BCUT2D eigenvalue weighted by molar-refractivity contribution is 6.30. The number of hydrogen-bond donors (Lipinski definition) is 1. The summed E-state index contributed by atoms with van der Waals surface area (Å²) in [6, 6.07) is 14.2. The summed E-state index contributed by atoms with van der Waals surface area (Å²) < 4.78 is 5.55. The highest BCUT2D eigenvalue weighted by atomic mass is 35.5. The van der Waals surface area contributed by atoms with Gasteiger partial charge in [0.15, 0.2) is 5.76 Å². The Morgan fingerprint density at radius 3 is 2.68 bits per heavy atom. The number of hydrogen-bond acceptors (Lipinski definition) is 5. The Balaban J connectivity index is 2.04. The molecule has 138 valence electrons. The zero-order valence-electron chi connectivity index (χ0n) is 14.9. The van der Waals surface area contributed by atoms with Crippen LogP contribution in [-0.4, -0.2) is 16.8 Å². The number of nitriles is 1. The molecule has 28 heavy (non-hydrogen) atoms. The Labute approximate surface area is 166 Å². The van der Waals surface area contributed by atoms with Crippen molar-refractivity contribution < 1.29 is 9.32 Å². The molecule has 2 N–H and O–H groups in total. The number of nitrogens with zero attached hydrogens (tertiary/aromatic N) is 3. The fourth-order valence-electron chi connectivity index (χ4n) is 3.42. The molecule has 0 aliphatic carbocycles. The van der Waals surface area contributed by atoms with Gasteiger partial charge in [-0.2, -0.15) is 5.26 Å². The summed E-state index contributed by atoms with van der Waals surface area (Å²) in [5.74, 6) is -0.000833. The summed E-state index contributed by atoms with van der Waals surface area (Å²) in [5.41, 5.74) is 10.5. The predicted molar refractivity (Wildman–Crippen MR) is 105 cm³/mol. The number of benzene rings is 2. The minimum absolute atomic E-state index is 0.0161. The molecule has 0 saturated carbocycles. The van der Waals surface area contributed by atoms with E-state index < -0.39 is 11.9 Å². The lowest BCUT2D eigenvalue weighted by Crippen LogP contribution is -2.15. The summed E-state index contributed by atoms with van der Waals surface area (Å²) in [5, 5.41) is 14.1. The summed E-state index contributed by atoms with van der Waals surface area (Å²) in [6.45, 7) is 1.83. The van der Waals surface area contributed by atoms with Crippen LogP contribution in [0.4, 0.5) is 0 Å². The lowest BCUT2D eigenvalue weighted by atomic mass is 9.91. The lowest BCUT2D eigenvalue weighted by Gasteiger charge is -2.12. The van der Waals surface area contributed by atoms with Crippen LogP contribution in [0.25, 0.3) is 11.1 Å². The Morgan fingerprint density at radius 2 is 2.00 bits per heavy atom. The topological polar surface area (TPSA) is 105 Å². The van der Waals surface area contributed by atoms with E-state index >= 15 is 0 Å². The van der Waals surface area contributed by atoms with E-state index in [0.29, 0.717) is 27.8 Å². The average molecular weight is 391 g/mol. The van der Waals surface area contributed by atoms with Gasteiger partial charge in [0.05, 0.1) is 35.0 Å². The summed E-state index contributed by atoms with van der Waals surface area (Å²) in [4.78, 5) is 16.5. The smallest absolute Gasteiger partial charge is 0.220 e. The monoisotopic (exact) mass is 390 g/mol. The fourth-order valence-corrected chi connectivity index (χ4v) is 3.55. The number of primary amides is 1. The van der Waals surface area contributed by atoms with E-state index in [2.05, 4.69) is 11.2 Å². The Bertz CT molecular complexity index is 1160. The first-order valence-electron chi connectivity index (χ1n) is 8.61. The lowest BCUT2D eigenvalue weighted by molar-refractivity contribution is -0.118. The molecule has 2 aromatic carbocycles. The van der Waals surface area contributed by atoms with Gasteiger partial charge in [0, 0.05) is 16.1 Å². The highest BCUT2D eigenvalue weighted by Gasteiger charge is 2.31. The zero-order chi connectivity index (χ0) is 19.8. The maximum absolute atomic E-state index is 11.7.